The summed E-state index contributed by atoms with van der Waals surface area (Å²) in [4.78, 5) is 14.6. The number of hydrogen-bond acceptors (Lipinski definition) is 1. The van der Waals surface area contributed by atoms with E-state index in [0.717, 1.165) is 44.3 Å². The minimum atomic E-state index is -0.0325. The molecule has 0 heterocycles. The second-order valence-corrected chi connectivity index (χ2v) is 5.16. The van der Waals surface area contributed by atoms with Gasteiger partial charge in [-0.3, -0.25) is 4.79 Å². The molecule has 0 aliphatic rings. The first-order valence-corrected chi connectivity index (χ1v) is 7.54. The third kappa shape index (κ3) is 5.06. The fourth-order valence-electron chi connectivity index (χ4n) is 2.19. The van der Waals surface area contributed by atoms with Crippen molar-refractivity contribution in [3.8, 4) is 0 Å². The summed E-state index contributed by atoms with van der Waals surface area (Å²) in [6.07, 6.45) is 4.46. The van der Waals surface area contributed by atoms with E-state index in [-0.39, 0.29) is 11.8 Å². The molecule has 0 bridgehead atoms. The molecule has 0 aliphatic heterocycles. The van der Waals surface area contributed by atoms with Crippen molar-refractivity contribution in [1.29, 1.82) is 0 Å². The van der Waals surface area contributed by atoms with Crippen LogP contribution in [0.2, 0.25) is 0 Å². The Balaban J connectivity index is 2.68. The number of hydrogen-bond donors (Lipinski definition) is 0. The molecule has 0 spiro atoms. The van der Waals surface area contributed by atoms with Crippen molar-refractivity contribution in [2.75, 3.05) is 13.1 Å². The fraction of sp³-hybridized carbons (Fsp3) is 0.588. The average molecular weight is 261 g/mol. The van der Waals surface area contributed by atoms with E-state index in [1.807, 2.05) is 42.2 Å². The van der Waals surface area contributed by atoms with E-state index in [9.17, 15) is 4.79 Å². The van der Waals surface area contributed by atoms with Crippen LogP contribution >= 0.6 is 0 Å². The number of benzene rings is 1. The van der Waals surface area contributed by atoms with Crippen molar-refractivity contribution in [2.45, 2.75) is 52.4 Å². The molecular weight excluding hydrogens is 234 g/mol. The van der Waals surface area contributed by atoms with Crippen LogP contribution < -0.4 is 0 Å². The van der Waals surface area contributed by atoms with Crippen LogP contribution in [0.3, 0.4) is 0 Å². The molecular formula is C17H27NO. The third-order valence-electron chi connectivity index (χ3n) is 3.54. The smallest absolute Gasteiger partial charge is 0.229 e. The van der Waals surface area contributed by atoms with Gasteiger partial charge in [-0.2, -0.15) is 0 Å². The van der Waals surface area contributed by atoms with E-state index in [0.29, 0.717) is 0 Å². The molecule has 106 valence electrons. The van der Waals surface area contributed by atoms with E-state index in [1.54, 1.807) is 0 Å². The summed E-state index contributed by atoms with van der Waals surface area (Å²) >= 11 is 0. The Hall–Kier alpha value is -1.31. The Morgan fingerprint density at radius 2 is 1.58 bits per heavy atom. The van der Waals surface area contributed by atoms with Crippen molar-refractivity contribution in [1.82, 2.24) is 4.90 Å². The number of carbonyl (C=O) groups excluding carboxylic acids is 1. The summed E-state index contributed by atoms with van der Waals surface area (Å²) in [6, 6.07) is 10.1. The highest BCUT2D eigenvalue weighted by atomic mass is 16.2. The summed E-state index contributed by atoms with van der Waals surface area (Å²) in [6.45, 7) is 8.15. The highest BCUT2D eigenvalue weighted by molar-refractivity contribution is 5.83. The Kier molecular flexibility index (Phi) is 7.24. The highest BCUT2D eigenvalue weighted by Crippen LogP contribution is 2.18. The summed E-state index contributed by atoms with van der Waals surface area (Å²) in [5, 5.41) is 0. The monoisotopic (exact) mass is 261 g/mol. The maximum Gasteiger partial charge on any atom is 0.229 e. The standard InChI is InChI=1S/C17H27NO/c1-4-6-13-18(14-7-5-2)17(19)15(3)16-11-9-8-10-12-16/h8-12,15H,4-7,13-14H2,1-3H3/t15-/m0/s1. The van der Waals surface area contributed by atoms with E-state index in [2.05, 4.69) is 13.8 Å². The van der Waals surface area contributed by atoms with Crippen LogP contribution in [0.15, 0.2) is 30.3 Å². The lowest BCUT2D eigenvalue weighted by Gasteiger charge is -2.26. The zero-order chi connectivity index (χ0) is 14.1. The average Bonchev–Trinajstić information content (AvgIpc) is 2.47. The first-order chi connectivity index (χ1) is 9.20. The summed E-state index contributed by atoms with van der Waals surface area (Å²) in [5.41, 5.74) is 1.12. The molecule has 1 aromatic rings. The van der Waals surface area contributed by atoms with Gasteiger partial charge in [-0.1, -0.05) is 57.0 Å². The number of unbranched alkanes of at least 4 members (excludes halogenated alkanes) is 2. The van der Waals surface area contributed by atoms with Gasteiger partial charge in [0.15, 0.2) is 0 Å². The van der Waals surface area contributed by atoms with Gasteiger partial charge in [-0.05, 0) is 25.3 Å². The van der Waals surface area contributed by atoms with Crippen LogP contribution in [-0.2, 0) is 4.79 Å². The van der Waals surface area contributed by atoms with Gasteiger partial charge in [0, 0.05) is 13.1 Å². The van der Waals surface area contributed by atoms with Crippen molar-refractivity contribution in [3.05, 3.63) is 35.9 Å². The molecule has 2 nitrogen and oxygen atoms in total. The maximum atomic E-state index is 12.6. The van der Waals surface area contributed by atoms with Crippen molar-refractivity contribution >= 4 is 5.91 Å². The molecule has 1 aromatic carbocycles. The Morgan fingerprint density at radius 1 is 1.05 bits per heavy atom. The van der Waals surface area contributed by atoms with Crippen LogP contribution in [-0.4, -0.2) is 23.9 Å². The van der Waals surface area contributed by atoms with Gasteiger partial charge in [-0.25, -0.2) is 0 Å². The van der Waals surface area contributed by atoms with Gasteiger partial charge in [0.2, 0.25) is 5.91 Å². The number of carbonyl (C=O) groups is 1. The molecule has 0 unspecified atom stereocenters. The first kappa shape index (κ1) is 15.7. The fourth-order valence-corrected chi connectivity index (χ4v) is 2.19. The zero-order valence-corrected chi connectivity index (χ0v) is 12.6. The SMILES string of the molecule is CCCCN(CCCC)C(=O)[C@@H](C)c1ccccc1. The number of nitrogens with zero attached hydrogens (tertiary/aromatic N) is 1. The highest BCUT2D eigenvalue weighted by Gasteiger charge is 2.20. The number of amides is 1. The van der Waals surface area contributed by atoms with E-state index in [1.165, 1.54) is 0 Å². The van der Waals surface area contributed by atoms with Crippen molar-refractivity contribution in [3.63, 3.8) is 0 Å². The number of rotatable bonds is 8. The molecule has 0 radical (unpaired) electrons. The lowest BCUT2D eigenvalue weighted by Crippen LogP contribution is -2.35. The molecule has 19 heavy (non-hydrogen) atoms. The van der Waals surface area contributed by atoms with Gasteiger partial charge in [-0.15, -0.1) is 0 Å². The predicted octanol–water partition coefficient (Wildman–Crippen LogP) is 4.22. The van der Waals surface area contributed by atoms with Crippen LogP contribution in [0, 0.1) is 0 Å². The van der Waals surface area contributed by atoms with Gasteiger partial charge < -0.3 is 4.90 Å². The summed E-state index contributed by atoms with van der Waals surface area (Å²) < 4.78 is 0. The largest absolute Gasteiger partial charge is 0.342 e. The van der Waals surface area contributed by atoms with Gasteiger partial charge in [0.25, 0.3) is 0 Å². The molecule has 0 aliphatic carbocycles. The van der Waals surface area contributed by atoms with E-state index in [4.69, 9.17) is 0 Å². The molecule has 0 aromatic heterocycles. The molecule has 1 rings (SSSR count). The van der Waals surface area contributed by atoms with Gasteiger partial charge >= 0.3 is 0 Å². The van der Waals surface area contributed by atoms with E-state index >= 15 is 0 Å². The topological polar surface area (TPSA) is 20.3 Å². The third-order valence-corrected chi connectivity index (χ3v) is 3.54. The predicted molar refractivity (Wildman–Crippen MR) is 81.3 cm³/mol. The minimum Gasteiger partial charge on any atom is -0.342 e. The quantitative estimate of drug-likeness (QED) is 0.686. The van der Waals surface area contributed by atoms with Crippen LogP contribution in [0.1, 0.15) is 57.9 Å². The Morgan fingerprint density at radius 3 is 2.05 bits per heavy atom. The van der Waals surface area contributed by atoms with Gasteiger partial charge in [0.05, 0.1) is 5.92 Å². The molecule has 1 atom stereocenters. The second-order valence-electron chi connectivity index (χ2n) is 5.16. The molecule has 2 heteroatoms. The van der Waals surface area contributed by atoms with Gasteiger partial charge in [0.1, 0.15) is 0 Å². The van der Waals surface area contributed by atoms with Crippen LogP contribution in [0.5, 0.6) is 0 Å². The lowest BCUT2D eigenvalue weighted by molar-refractivity contribution is -0.132. The second kappa shape index (κ2) is 8.73. The lowest BCUT2D eigenvalue weighted by atomic mass is 9.99. The van der Waals surface area contributed by atoms with Crippen molar-refractivity contribution < 1.29 is 4.79 Å². The van der Waals surface area contributed by atoms with E-state index < -0.39 is 0 Å². The van der Waals surface area contributed by atoms with Crippen LogP contribution in [0.25, 0.3) is 0 Å². The Bertz CT molecular complexity index is 353. The molecule has 0 saturated carbocycles. The summed E-state index contributed by atoms with van der Waals surface area (Å²) in [5.74, 6) is 0.239. The normalized spacial score (nSPS) is 12.2. The molecule has 0 N–H and O–H groups in total. The maximum absolute atomic E-state index is 12.6. The molecule has 1 amide bonds. The Labute approximate surface area is 117 Å². The van der Waals surface area contributed by atoms with Crippen LogP contribution in [0.4, 0.5) is 0 Å². The molecule has 0 saturated heterocycles. The summed E-state index contributed by atoms with van der Waals surface area (Å²) in [7, 11) is 0. The zero-order valence-electron chi connectivity index (χ0n) is 12.6. The first-order valence-electron chi connectivity index (χ1n) is 7.54. The minimum absolute atomic E-state index is 0.0325. The van der Waals surface area contributed by atoms with Crippen molar-refractivity contribution in [2.24, 2.45) is 0 Å². The molecule has 0 fully saturated rings.